The first-order chi connectivity index (χ1) is 20.4. The number of aliphatic carboxylic acids is 1. The van der Waals surface area contributed by atoms with E-state index in [-0.39, 0.29) is 11.9 Å². The van der Waals surface area contributed by atoms with Crippen molar-refractivity contribution in [3.63, 3.8) is 0 Å². The number of hydrogen-bond donors (Lipinski definition) is 2. The van der Waals surface area contributed by atoms with E-state index in [4.69, 9.17) is 4.74 Å². The quantitative estimate of drug-likeness (QED) is 0.166. The van der Waals surface area contributed by atoms with Crippen LogP contribution in [-0.2, 0) is 24.2 Å². The monoisotopic (exact) mass is 582 g/mol. The molecule has 1 amide bonds. The number of hydrogen-bond acceptors (Lipinski definition) is 3. The van der Waals surface area contributed by atoms with Crippen molar-refractivity contribution in [1.82, 2.24) is 9.88 Å². The fourth-order valence-electron chi connectivity index (χ4n) is 5.54. The van der Waals surface area contributed by atoms with E-state index in [1.54, 1.807) is 19.9 Å². The number of fused-ring (bicyclic) bond motifs is 1. The molecule has 6 nitrogen and oxygen atoms in total. The van der Waals surface area contributed by atoms with E-state index in [1.807, 2.05) is 37.3 Å². The lowest BCUT2D eigenvalue weighted by Gasteiger charge is -2.21. The molecule has 2 N–H and O–H groups in total. The van der Waals surface area contributed by atoms with Crippen molar-refractivity contribution in [3.8, 4) is 5.75 Å². The van der Waals surface area contributed by atoms with E-state index < -0.39 is 11.6 Å². The molecule has 228 valence electrons. The standard InChI is InChI=1S/C37H46N2O4/c1-8-9-12-27-13-10-15-29(19-27)25(4)38-35(40)30-17-18-32-33(26(5)39(23-24(2)3)34(32)22-30)21-28-14-11-16-31(20-28)43-37(6,7)36(41)42/h10-11,13-20,22,24-25H,8-9,12,21,23H2,1-7H3,(H,38,40)(H,41,42)/t25-/m0/s1. The Kier molecular flexibility index (Phi) is 10.0. The molecule has 1 heterocycles. The maximum atomic E-state index is 13.5. The van der Waals surface area contributed by atoms with E-state index in [0.29, 0.717) is 23.7 Å². The predicted molar refractivity (Wildman–Crippen MR) is 174 cm³/mol. The van der Waals surface area contributed by atoms with Crippen molar-refractivity contribution >= 4 is 22.8 Å². The Hall–Kier alpha value is -4.06. The average Bonchev–Trinajstić information content (AvgIpc) is 3.21. The molecule has 3 aromatic carbocycles. The number of rotatable bonds is 13. The molecular weight excluding hydrogens is 536 g/mol. The van der Waals surface area contributed by atoms with Gasteiger partial charge in [0.05, 0.1) is 6.04 Å². The van der Waals surface area contributed by atoms with Crippen LogP contribution in [0.15, 0.2) is 66.7 Å². The third-order valence-corrected chi connectivity index (χ3v) is 8.05. The van der Waals surface area contributed by atoms with Gasteiger partial charge in [0.1, 0.15) is 5.75 Å². The van der Waals surface area contributed by atoms with Gasteiger partial charge in [-0.3, -0.25) is 4.79 Å². The summed E-state index contributed by atoms with van der Waals surface area (Å²) in [6, 6.07) is 22.0. The minimum absolute atomic E-state index is 0.0873. The van der Waals surface area contributed by atoms with Crippen LogP contribution in [0, 0.1) is 12.8 Å². The van der Waals surface area contributed by atoms with Crippen molar-refractivity contribution in [2.75, 3.05) is 0 Å². The molecule has 0 saturated heterocycles. The maximum absolute atomic E-state index is 13.5. The molecule has 1 atom stereocenters. The van der Waals surface area contributed by atoms with Gasteiger partial charge < -0.3 is 19.7 Å². The van der Waals surface area contributed by atoms with Gasteiger partial charge in [0, 0.05) is 28.7 Å². The number of amides is 1. The highest BCUT2D eigenvalue weighted by Crippen LogP contribution is 2.31. The number of ether oxygens (including phenoxy) is 1. The number of carbonyl (C=O) groups excluding carboxylic acids is 1. The van der Waals surface area contributed by atoms with E-state index in [1.165, 1.54) is 11.1 Å². The van der Waals surface area contributed by atoms with Crippen LogP contribution in [-0.4, -0.2) is 27.2 Å². The van der Waals surface area contributed by atoms with Crippen molar-refractivity contribution < 1.29 is 19.4 Å². The minimum Gasteiger partial charge on any atom is -0.478 e. The fraction of sp³-hybridized carbons (Fsp3) is 0.405. The molecule has 0 unspecified atom stereocenters. The van der Waals surface area contributed by atoms with E-state index in [2.05, 4.69) is 67.9 Å². The van der Waals surface area contributed by atoms with Gasteiger partial charge in [-0.1, -0.05) is 69.7 Å². The molecule has 0 aliphatic heterocycles. The summed E-state index contributed by atoms with van der Waals surface area (Å²) >= 11 is 0. The molecule has 0 radical (unpaired) electrons. The van der Waals surface area contributed by atoms with Crippen LogP contribution in [0.5, 0.6) is 5.75 Å². The van der Waals surface area contributed by atoms with Crippen LogP contribution in [0.25, 0.3) is 10.9 Å². The van der Waals surface area contributed by atoms with Gasteiger partial charge in [-0.2, -0.15) is 0 Å². The summed E-state index contributed by atoms with van der Waals surface area (Å²) in [5, 5.41) is 13.8. The van der Waals surface area contributed by atoms with Crippen molar-refractivity contribution in [2.45, 2.75) is 92.3 Å². The molecule has 0 fully saturated rings. The molecule has 43 heavy (non-hydrogen) atoms. The minimum atomic E-state index is -1.33. The van der Waals surface area contributed by atoms with Crippen molar-refractivity contribution in [1.29, 1.82) is 0 Å². The molecule has 4 aromatic rings. The van der Waals surface area contributed by atoms with Crippen LogP contribution in [0.3, 0.4) is 0 Å². The fourth-order valence-corrected chi connectivity index (χ4v) is 5.54. The zero-order chi connectivity index (χ0) is 31.3. The van der Waals surface area contributed by atoms with Gasteiger partial charge in [0.25, 0.3) is 5.91 Å². The second-order valence-electron chi connectivity index (χ2n) is 12.6. The maximum Gasteiger partial charge on any atom is 0.347 e. The first-order valence-electron chi connectivity index (χ1n) is 15.4. The Labute approximate surface area is 256 Å². The number of carbonyl (C=O) groups is 2. The predicted octanol–water partition coefficient (Wildman–Crippen LogP) is 8.27. The second kappa shape index (κ2) is 13.5. The molecule has 6 heteroatoms. The second-order valence-corrected chi connectivity index (χ2v) is 12.6. The summed E-state index contributed by atoms with van der Waals surface area (Å²) in [7, 11) is 0. The lowest BCUT2D eigenvalue weighted by atomic mass is 10.00. The average molecular weight is 583 g/mol. The van der Waals surface area contributed by atoms with Crippen LogP contribution >= 0.6 is 0 Å². The molecule has 1 aromatic heterocycles. The summed E-state index contributed by atoms with van der Waals surface area (Å²) in [6.45, 7) is 14.7. The summed E-state index contributed by atoms with van der Waals surface area (Å²) in [5.41, 5.74) is 6.16. The number of benzene rings is 3. The van der Waals surface area contributed by atoms with Gasteiger partial charge in [0.15, 0.2) is 5.60 Å². The van der Waals surface area contributed by atoms with Crippen LogP contribution in [0.2, 0.25) is 0 Å². The Bertz CT molecular complexity index is 1600. The van der Waals surface area contributed by atoms with Crippen molar-refractivity contribution in [3.05, 3.63) is 100 Å². The molecule has 0 aliphatic carbocycles. The van der Waals surface area contributed by atoms with Gasteiger partial charge in [-0.05, 0) is 99.4 Å². The summed E-state index contributed by atoms with van der Waals surface area (Å²) in [4.78, 5) is 25.1. The van der Waals surface area contributed by atoms with Crippen LogP contribution < -0.4 is 10.1 Å². The molecule has 0 spiro atoms. The van der Waals surface area contributed by atoms with Crippen LogP contribution in [0.4, 0.5) is 0 Å². The van der Waals surface area contributed by atoms with Gasteiger partial charge in [0.2, 0.25) is 0 Å². The van der Waals surface area contributed by atoms with E-state index in [0.717, 1.165) is 53.5 Å². The molecule has 0 saturated carbocycles. The summed E-state index contributed by atoms with van der Waals surface area (Å²) in [5.74, 6) is -0.150. The van der Waals surface area contributed by atoms with Crippen molar-refractivity contribution in [2.24, 2.45) is 5.92 Å². The van der Waals surface area contributed by atoms with E-state index >= 15 is 0 Å². The highest BCUT2D eigenvalue weighted by atomic mass is 16.5. The Balaban J connectivity index is 1.62. The van der Waals surface area contributed by atoms with Gasteiger partial charge >= 0.3 is 5.97 Å². The first-order valence-corrected chi connectivity index (χ1v) is 15.4. The largest absolute Gasteiger partial charge is 0.478 e. The number of nitrogens with zero attached hydrogens (tertiary/aromatic N) is 1. The molecule has 4 rings (SSSR count). The third-order valence-electron chi connectivity index (χ3n) is 8.05. The molecule has 0 bridgehead atoms. The molecule has 0 aliphatic rings. The zero-order valence-corrected chi connectivity index (χ0v) is 26.7. The van der Waals surface area contributed by atoms with E-state index in [9.17, 15) is 14.7 Å². The number of aromatic nitrogens is 1. The smallest absolute Gasteiger partial charge is 0.347 e. The third kappa shape index (κ3) is 7.67. The highest BCUT2D eigenvalue weighted by Gasteiger charge is 2.29. The SMILES string of the molecule is CCCCc1cccc([C@H](C)NC(=O)c2ccc3c(Cc4cccc(OC(C)(C)C(=O)O)c4)c(C)n(CC(C)C)c3c2)c1. The number of carboxylic acids is 1. The highest BCUT2D eigenvalue weighted by molar-refractivity contribution is 5.99. The number of carboxylic acid groups (broad SMARTS) is 1. The van der Waals surface area contributed by atoms with Gasteiger partial charge in [-0.25, -0.2) is 4.79 Å². The number of aryl methyl sites for hydroxylation is 1. The lowest BCUT2D eigenvalue weighted by Crippen LogP contribution is -2.37. The topological polar surface area (TPSA) is 80.6 Å². The molecular formula is C37H46N2O4. The lowest BCUT2D eigenvalue weighted by molar-refractivity contribution is -0.152. The summed E-state index contributed by atoms with van der Waals surface area (Å²) in [6.07, 6.45) is 4.03. The Morgan fingerprint density at radius 3 is 2.40 bits per heavy atom. The number of unbranched alkanes of at least 4 members (excludes halogenated alkanes) is 1. The van der Waals surface area contributed by atoms with Crippen LogP contribution in [0.1, 0.15) is 98.7 Å². The zero-order valence-electron chi connectivity index (χ0n) is 26.7. The normalized spacial score (nSPS) is 12.5. The number of nitrogens with one attached hydrogen (secondary N) is 1. The first kappa shape index (κ1) is 31.9. The Morgan fingerprint density at radius 2 is 1.70 bits per heavy atom. The Morgan fingerprint density at radius 1 is 0.977 bits per heavy atom. The summed E-state index contributed by atoms with van der Waals surface area (Å²) < 4.78 is 8.12. The van der Waals surface area contributed by atoms with Gasteiger partial charge in [-0.15, -0.1) is 0 Å².